The van der Waals surface area contributed by atoms with Crippen LogP contribution in [0.1, 0.15) is 20.3 Å². The molecule has 1 aromatic carbocycles. The van der Waals surface area contributed by atoms with Gasteiger partial charge in [-0.25, -0.2) is 0 Å². The number of ether oxygens (including phenoxy) is 1. The van der Waals surface area contributed by atoms with Gasteiger partial charge in [0.05, 0.1) is 6.10 Å². The van der Waals surface area contributed by atoms with Gasteiger partial charge in [0.25, 0.3) is 0 Å². The number of hydrogen-bond donors (Lipinski definition) is 1. The van der Waals surface area contributed by atoms with E-state index in [2.05, 4.69) is 19.2 Å². The lowest BCUT2D eigenvalue weighted by Gasteiger charge is -2.14. The van der Waals surface area contributed by atoms with Gasteiger partial charge in [-0.15, -0.1) is 0 Å². The summed E-state index contributed by atoms with van der Waals surface area (Å²) in [6, 6.07) is 7.47. The van der Waals surface area contributed by atoms with E-state index in [4.69, 9.17) is 16.3 Å². The highest BCUT2D eigenvalue weighted by molar-refractivity contribution is 6.30. The largest absolute Gasteiger partial charge is 0.491 e. The Bertz CT molecular complexity index is 273. The van der Waals surface area contributed by atoms with Crippen molar-refractivity contribution in [3.63, 3.8) is 0 Å². The van der Waals surface area contributed by atoms with Gasteiger partial charge in [-0.1, -0.05) is 18.5 Å². The Balaban J connectivity index is 2.31. The molecule has 1 rings (SSSR count). The molecule has 0 radical (unpaired) electrons. The monoisotopic (exact) mass is 227 g/mol. The summed E-state index contributed by atoms with van der Waals surface area (Å²) in [5.74, 6) is 0.878. The summed E-state index contributed by atoms with van der Waals surface area (Å²) in [6.07, 6.45) is 1.24. The summed E-state index contributed by atoms with van der Waals surface area (Å²) < 4.78 is 5.72. The van der Waals surface area contributed by atoms with Crippen LogP contribution < -0.4 is 10.1 Å². The molecule has 1 atom stereocenters. The van der Waals surface area contributed by atoms with E-state index in [9.17, 15) is 0 Å². The van der Waals surface area contributed by atoms with Crippen LogP contribution >= 0.6 is 11.6 Å². The molecule has 0 bridgehead atoms. The molecule has 0 aliphatic rings. The van der Waals surface area contributed by atoms with Crippen LogP contribution in [0.4, 0.5) is 0 Å². The van der Waals surface area contributed by atoms with Crippen molar-refractivity contribution in [3.05, 3.63) is 29.3 Å². The first-order chi connectivity index (χ1) is 7.22. The zero-order chi connectivity index (χ0) is 11.1. The Morgan fingerprint density at radius 2 is 2.00 bits per heavy atom. The van der Waals surface area contributed by atoms with Crippen LogP contribution in [-0.2, 0) is 0 Å². The normalized spacial score (nSPS) is 12.5. The number of nitrogens with one attached hydrogen (secondary N) is 1. The number of benzene rings is 1. The fourth-order valence-electron chi connectivity index (χ4n) is 1.29. The second-order valence-electron chi connectivity index (χ2n) is 3.52. The smallest absolute Gasteiger partial charge is 0.119 e. The maximum absolute atomic E-state index is 5.79. The molecule has 0 spiro atoms. The Morgan fingerprint density at radius 3 is 2.60 bits per heavy atom. The quantitative estimate of drug-likeness (QED) is 0.755. The molecule has 0 aliphatic carbocycles. The number of halogens is 1. The molecule has 0 amide bonds. The Labute approximate surface area is 96.6 Å². The Kier molecular flexibility index (Phi) is 5.51. The summed E-state index contributed by atoms with van der Waals surface area (Å²) in [4.78, 5) is 0. The lowest BCUT2D eigenvalue weighted by atomic mass is 10.2. The van der Waals surface area contributed by atoms with E-state index in [0.29, 0.717) is 0 Å². The maximum atomic E-state index is 5.79. The SMILES string of the molecule is CCNCCC(C)Oc1ccc(Cl)cc1. The number of hydrogen-bond acceptors (Lipinski definition) is 2. The third-order valence-electron chi connectivity index (χ3n) is 2.13. The third-order valence-corrected chi connectivity index (χ3v) is 2.38. The molecule has 0 saturated carbocycles. The summed E-state index contributed by atoms with van der Waals surface area (Å²) in [5.41, 5.74) is 0. The molecular weight excluding hydrogens is 210 g/mol. The van der Waals surface area contributed by atoms with Gasteiger partial charge in [0, 0.05) is 5.02 Å². The molecule has 0 saturated heterocycles. The van der Waals surface area contributed by atoms with E-state index >= 15 is 0 Å². The first-order valence-electron chi connectivity index (χ1n) is 5.35. The van der Waals surface area contributed by atoms with E-state index in [-0.39, 0.29) is 6.10 Å². The fraction of sp³-hybridized carbons (Fsp3) is 0.500. The molecule has 0 aliphatic heterocycles. The highest BCUT2D eigenvalue weighted by atomic mass is 35.5. The lowest BCUT2D eigenvalue weighted by molar-refractivity contribution is 0.210. The van der Waals surface area contributed by atoms with Crippen molar-refractivity contribution in [2.24, 2.45) is 0 Å². The van der Waals surface area contributed by atoms with Crippen molar-refractivity contribution < 1.29 is 4.74 Å². The van der Waals surface area contributed by atoms with Gasteiger partial charge in [0.15, 0.2) is 0 Å². The first-order valence-corrected chi connectivity index (χ1v) is 5.73. The second kappa shape index (κ2) is 6.70. The lowest BCUT2D eigenvalue weighted by Crippen LogP contribution is -2.21. The third kappa shape index (κ3) is 5.05. The van der Waals surface area contributed by atoms with Gasteiger partial charge < -0.3 is 10.1 Å². The molecule has 0 heterocycles. The van der Waals surface area contributed by atoms with Crippen molar-refractivity contribution >= 4 is 11.6 Å². The van der Waals surface area contributed by atoms with Gasteiger partial charge >= 0.3 is 0 Å². The summed E-state index contributed by atoms with van der Waals surface area (Å²) in [5, 5.41) is 4.01. The van der Waals surface area contributed by atoms with Crippen molar-refractivity contribution in [2.45, 2.75) is 26.4 Å². The number of rotatable bonds is 6. The van der Waals surface area contributed by atoms with Crippen LogP contribution in [0, 0.1) is 0 Å². The maximum Gasteiger partial charge on any atom is 0.119 e. The van der Waals surface area contributed by atoms with E-state index in [1.165, 1.54) is 0 Å². The van der Waals surface area contributed by atoms with Crippen molar-refractivity contribution in [1.82, 2.24) is 5.32 Å². The summed E-state index contributed by atoms with van der Waals surface area (Å²) >= 11 is 5.79. The Hall–Kier alpha value is -0.730. The van der Waals surface area contributed by atoms with Crippen LogP contribution in [0.5, 0.6) is 5.75 Å². The second-order valence-corrected chi connectivity index (χ2v) is 3.96. The molecule has 0 aromatic heterocycles. The topological polar surface area (TPSA) is 21.3 Å². The van der Waals surface area contributed by atoms with Gasteiger partial charge in [-0.3, -0.25) is 0 Å². The first kappa shape index (κ1) is 12.3. The average Bonchev–Trinajstić information content (AvgIpc) is 2.22. The van der Waals surface area contributed by atoms with Gasteiger partial charge in [0.1, 0.15) is 5.75 Å². The summed E-state index contributed by atoms with van der Waals surface area (Å²) in [6.45, 7) is 6.18. The van der Waals surface area contributed by atoms with Crippen LogP contribution in [-0.4, -0.2) is 19.2 Å². The standard InChI is InChI=1S/C12H18ClNO/c1-3-14-9-8-10(2)15-12-6-4-11(13)5-7-12/h4-7,10,14H,3,8-9H2,1-2H3. The van der Waals surface area contributed by atoms with Crippen LogP contribution in [0.25, 0.3) is 0 Å². The predicted molar refractivity (Wildman–Crippen MR) is 64.7 cm³/mol. The van der Waals surface area contributed by atoms with Crippen LogP contribution in [0.3, 0.4) is 0 Å². The fourth-order valence-corrected chi connectivity index (χ4v) is 1.41. The average molecular weight is 228 g/mol. The molecule has 1 aromatic rings. The van der Waals surface area contributed by atoms with Gasteiger partial charge in [-0.2, -0.15) is 0 Å². The van der Waals surface area contributed by atoms with Gasteiger partial charge in [0.2, 0.25) is 0 Å². The van der Waals surface area contributed by atoms with Crippen molar-refractivity contribution in [3.8, 4) is 5.75 Å². The summed E-state index contributed by atoms with van der Waals surface area (Å²) in [7, 11) is 0. The minimum absolute atomic E-state index is 0.227. The van der Waals surface area contributed by atoms with E-state index in [1.54, 1.807) is 0 Å². The molecule has 3 heteroatoms. The van der Waals surface area contributed by atoms with Crippen molar-refractivity contribution in [2.75, 3.05) is 13.1 Å². The molecule has 84 valence electrons. The zero-order valence-electron chi connectivity index (χ0n) is 9.29. The zero-order valence-corrected chi connectivity index (χ0v) is 10.1. The highest BCUT2D eigenvalue weighted by Crippen LogP contribution is 2.17. The van der Waals surface area contributed by atoms with E-state index in [1.807, 2.05) is 24.3 Å². The predicted octanol–water partition coefficient (Wildman–Crippen LogP) is 3.11. The molecule has 1 N–H and O–H groups in total. The Morgan fingerprint density at radius 1 is 1.33 bits per heavy atom. The minimum atomic E-state index is 0.227. The molecular formula is C12H18ClNO. The van der Waals surface area contributed by atoms with Crippen LogP contribution in [0.2, 0.25) is 5.02 Å². The van der Waals surface area contributed by atoms with Crippen LogP contribution in [0.15, 0.2) is 24.3 Å². The highest BCUT2D eigenvalue weighted by Gasteiger charge is 2.02. The minimum Gasteiger partial charge on any atom is -0.491 e. The molecule has 0 fully saturated rings. The van der Waals surface area contributed by atoms with Crippen molar-refractivity contribution in [1.29, 1.82) is 0 Å². The van der Waals surface area contributed by atoms with E-state index in [0.717, 1.165) is 30.3 Å². The molecule has 2 nitrogen and oxygen atoms in total. The molecule has 15 heavy (non-hydrogen) atoms. The van der Waals surface area contributed by atoms with E-state index < -0.39 is 0 Å². The molecule has 1 unspecified atom stereocenters. The van der Waals surface area contributed by atoms with Gasteiger partial charge in [-0.05, 0) is 50.7 Å².